The zero-order valence-corrected chi connectivity index (χ0v) is 12.1. The first-order valence-corrected chi connectivity index (χ1v) is 6.99. The van der Waals surface area contributed by atoms with Crippen molar-refractivity contribution in [1.82, 2.24) is 4.90 Å². The summed E-state index contributed by atoms with van der Waals surface area (Å²) < 4.78 is 0. The third kappa shape index (κ3) is 2.99. The number of carbonyl (C=O) groups excluding carboxylic acids is 1. The Hall–Kier alpha value is -0.730. The molecule has 1 aromatic carbocycles. The third-order valence-electron chi connectivity index (χ3n) is 3.44. The predicted molar refractivity (Wildman–Crippen MR) is 75.5 cm³/mol. The molecule has 0 aromatic heterocycles. The number of nitrogens with zero attached hydrogens (tertiary/aromatic N) is 1. The van der Waals surface area contributed by atoms with Crippen molar-refractivity contribution in [2.24, 2.45) is 5.92 Å². The molecule has 1 aliphatic rings. The minimum Gasteiger partial charge on any atom is -0.337 e. The van der Waals surface area contributed by atoms with Crippen LogP contribution in [0.2, 0.25) is 5.02 Å². The summed E-state index contributed by atoms with van der Waals surface area (Å²) in [6.07, 6.45) is 0.958. The van der Waals surface area contributed by atoms with Gasteiger partial charge in [-0.2, -0.15) is 0 Å². The van der Waals surface area contributed by atoms with Crippen LogP contribution in [0, 0.1) is 12.8 Å². The summed E-state index contributed by atoms with van der Waals surface area (Å²) in [6.45, 7) is 5.45. The lowest BCUT2D eigenvalue weighted by Gasteiger charge is -2.34. The molecule has 1 heterocycles. The maximum Gasteiger partial charge on any atom is 0.253 e. The number of benzene rings is 1. The first-order valence-electron chi connectivity index (χ1n) is 6.18. The van der Waals surface area contributed by atoms with Gasteiger partial charge in [-0.15, -0.1) is 11.6 Å². The standard InChI is InChI=1S/C14H17Cl2NO/c1-9-5-11(7-12(15)6-9)14(18)17-4-3-10(2)13(16)8-17/h5-7,10,13H,3-4,8H2,1-2H3. The Labute approximate surface area is 118 Å². The SMILES string of the molecule is Cc1cc(Cl)cc(C(=O)N2CCC(C)C(Cl)C2)c1. The Morgan fingerprint density at radius 2 is 2.11 bits per heavy atom. The number of hydrogen-bond donors (Lipinski definition) is 0. The molecule has 1 amide bonds. The number of hydrogen-bond acceptors (Lipinski definition) is 1. The number of alkyl halides is 1. The van der Waals surface area contributed by atoms with E-state index in [2.05, 4.69) is 6.92 Å². The van der Waals surface area contributed by atoms with E-state index in [1.165, 1.54) is 0 Å². The molecule has 2 atom stereocenters. The molecule has 18 heavy (non-hydrogen) atoms. The smallest absolute Gasteiger partial charge is 0.253 e. The fourth-order valence-corrected chi connectivity index (χ4v) is 2.83. The Morgan fingerprint density at radius 1 is 1.39 bits per heavy atom. The van der Waals surface area contributed by atoms with E-state index in [0.29, 0.717) is 23.0 Å². The van der Waals surface area contributed by atoms with Gasteiger partial charge in [-0.1, -0.05) is 18.5 Å². The molecule has 0 spiro atoms. The highest BCUT2D eigenvalue weighted by molar-refractivity contribution is 6.31. The van der Waals surface area contributed by atoms with E-state index < -0.39 is 0 Å². The summed E-state index contributed by atoms with van der Waals surface area (Å²) >= 11 is 12.2. The van der Waals surface area contributed by atoms with Gasteiger partial charge in [0.05, 0.1) is 5.38 Å². The van der Waals surface area contributed by atoms with Gasteiger partial charge in [0, 0.05) is 23.7 Å². The summed E-state index contributed by atoms with van der Waals surface area (Å²) in [5.74, 6) is 0.495. The van der Waals surface area contributed by atoms with Gasteiger partial charge >= 0.3 is 0 Å². The highest BCUT2D eigenvalue weighted by Crippen LogP contribution is 2.24. The van der Waals surface area contributed by atoms with Crippen LogP contribution in [0.15, 0.2) is 18.2 Å². The predicted octanol–water partition coefficient (Wildman–Crippen LogP) is 3.74. The first-order chi connectivity index (χ1) is 8.47. The number of halogens is 2. The van der Waals surface area contributed by atoms with Gasteiger partial charge in [-0.3, -0.25) is 4.79 Å². The molecule has 0 bridgehead atoms. The fraction of sp³-hybridized carbons (Fsp3) is 0.500. The number of aryl methyl sites for hydroxylation is 1. The molecule has 4 heteroatoms. The van der Waals surface area contributed by atoms with Crippen molar-refractivity contribution < 1.29 is 4.79 Å². The molecule has 1 aromatic rings. The average Bonchev–Trinajstić information content (AvgIpc) is 2.30. The van der Waals surface area contributed by atoms with E-state index in [1.54, 1.807) is 6.07 Å². The van der Waals surface area contributed by atoms with Gasteiger partial charge in [-0.25, -0.2) is 0 Å². The van der Waals surface area contributed by atoms with E-state index in [4.69, 9.17) is 23.2 Å². The van der Waals surface area contributed by atoms with Crippen molar-refractivity contribution >= 4 is 29.1 Å². The lowest BCUT2D eigenvalue weighted by molar-refractivity contribution is 0.0701. The van der Waals surface area contributed by atoms with Crippen LogP contribution < -0.4 is 0 Å². The van der Waals surface area contributed by atoms with E-state index in [9.17, 15) is 4.79 Å². The van der Waals surface area contributed by atoms with Gasteiger partial charge < -0.3 is 4.90 Å². The monoisotopic (exact) mass is 285 g/mol. The lowest BCUT2D eigenvalue weighted by Crippen LogP contribution is -2.43. The lowest BCUT2D eigenvalue weighted by atomic mass is 9.98. The largest absolute Gasteiger partial charge is 0.337 e. The molecule has 2 nitrogen and oxygen atoms in total. The van der Waals surface area contributed by atoms with Gasteiger partial charge in [-0.05, 0) is 43.0 Å². The van der Waals surface area contributed by atoms with Crippen molar-refractivity contribution in [2.75, 3.05) is 13.1 Å². The van der Waals surface area contributed by atoms with Crippen LogP contribution in [0.25, 0.3) is 0 Å². The quantitative estimate of drug-likeness (QED) is 0.720. The second-order valence-corrected chi connectivity index (χ2v) is 6.05. The van der Waals surface area contributed by atoms with Gasteiger partial charge in [0.2, 0.25) is 0 Å². The highest BCUT2D eigenvalue weighted by atomic mass is 35.5. The number of rotatable bonds is 1. The maximum atomic E-state index is 12.4. The zero-order chi connectivity index (χ0) is 13.3. The Kier molecular flexibility index (Phi) is 4.18. The molecule has 2 unspecified atom stereocenters. The summed E-state index contributed by atoms with van der Waals surface area (Å²) in [4.78, 5) is 14.2. The fourth-order valence-electron chi connectivity index (χ4n) is 2.25. The third-order valence-corrected chi connectivity index (χ3v) is 4.23. The number of likely N-dealkylation sites (tertiary alicyclic amines) is 1. The molecule has 1 fully saturated rings. The molecule has 0 saturated carbocycles. The van der Waals surface area contributed by atoms with Crippen LogP contribution in [0.5, 0.6) is 0 Å². The van der Waals surface area contributed by atoms with Crippen molar-refractivity contribution in [1.29, 1.82) is 0 Å². The van der Waals surface area contributed by atoms with Crippen LogP contribution >= 0.6 is 23.2 Å². The maximum absolute atomic E-state index is 12.4. The van der Waals surface area contributed by atoms with Crippen molar-refractivity contribution in [2.45, 2.75) is 25.6 Å². The first kappa shape index (κ1) is 13.7. The molecule has 98 valence electrons. The van der Waals surface area contributed by atoms with Crippen LogP contribution in [0.4, 0.5) is 0 Å². The topological polar surface area (TPSA) is 20.3 Å². The number of piperidine rings is 1. The molecular weight excluding hydrogens is 269 g/mol. The highest BCUT2D eigenvalue weighted by Gasteiger charge is 2.28. The van der Waals surface area contributed by atoms with E-state index in [-0.39, 0.29) is 11.3 Å². The van der Waals surface area contributed by atoms with Crippen LogP contribution in [0.3, 0.4) is 0 Å². The van der Waals surface area contributed by atoms with E-state index in [1.807, 2.05) is 24.0 Å². The summed E-state index contributed by atoms with van der Waals surface area (Å²) in [7, 11) is 0. The Balaban J connectivity index is 2.16. The molecule has 0 aliphatic carbocycles. The second kappa shape index (κ2) is 5.50. The molecule has 0 radical (unpaired) electrons. The molecule has 1 saturated heterocycles. The molecule has 1 aliphatic heterocycles. The van der Waals surface area contributed by atoms with Gasteiger partial charge in [0.25, 0.3) is 5.91 Å². The Bertz CT molecular complexity index is 441. The average molecular weight is 286 g/mol. The van der Waals surface area contributed by atoms with Gasteiger partial charge in [0.1, 0.15) is 0 Å². The van der Waals surface area contributed by atoms with Crippen LogP contribution in [-0.4, -0.2) is 29.3 Å². The van der Waals surface area contributed by atoms with Crippen LogP contribution in [0.1, 0.15) is 29.3 Å². The Morgan fingerprint density at radius 3 is 2.72 bits per heavy atom. The minimum absolute atomic E-state index is 0.0261. The van der Waals surface area contributed by atoms with E-state index >= 15 is 0 Å². The van der Waals surface area contributed by atoms with Crippen molar-refractivity contribution in [3.8, 4) is 0 Å². The summed E-state index contributed by atoms with van der Waals surface area (Å²) in [5, 5.41) is 0.647. The second-order valence-electron chi connectivity index (χ2n) is 5.05. The van der Waals surface area contributed by atoms with Crippen molar-refractivity contribution in [3.63, 3.8) is 0 Å². The minimum atomic E-state index is 0.0261. The van der Waals surface area contributed by atoms with Crippen LogP contribution in [-0.2, 0) is 0 Å². The molecular formula is C14H17Cl2NO. The van der Waals surface area contributed by atoms with E-state index in [0.717, 1.165) is 18.5 Å². The number of carbonyl (C=O) groups is 1. The molecule has 0 N–H and O–H groups in total. The normalized spacial score (nSPS) is 24.1. The van der Waals surface area contributed by atoms with Crippen molar-refractivity contribution in [3.05, 3.63) is 34.3 Å². The summed E-state index contributed by atoms with van der Waals surface area (Å²) in [6, 6.07) is 5.44. The van der Waals surface area contributed by atoms with Gasteiger partial charge in [0.15, 0.2) is 0 Å². The molecule has 2 rings (SSSR count). The zero-order valence-electron chi connectivity index (χ0n) is 10.6. The number of amides is 1. The summed E-state index contributed by atoms with van der Waals surface area (Å²) in [5.41, 5.74) is 1.65.